The SMILES string of the molecule is CC(C)CC(NC(=O)[C@H]1CCCCN1C(=O)OC(C)(C)C)C(=O)NC1(c2ccc[n+]([O-])c2)CC1. The van der Waals surface area contributed by atoms with E-state index in [1.54, 1.807) is 26.8 Å². The van der Waals surface area contributed by atoms with Crippen molar-refractivity contribution < 1.29 is 23.9 Å². The van der Waals surface area contributed by atoms with E-state index in [0.717, 1.165) is 36.0 Å². The summed E-state index contributed by atoms with van der Waals surface area (Å²) in [6.45, 7) is 9.81. The Hall–Kier alpha value is -2.84. The van der Waals surface area contributed by atoms with Gasteiger partial charge in [0.2, 0.25) is 11.8 Å². The minimum atomic E-state index is -0.740. The third-order valence-corrected chi connectivity index (χ3v) is 6.21. The first-order chi connectivity index (χ1) is 15.9. The molecule has 2 atom stereocenters. The normalized spacial score (nSPS) is 20.4. The molecule has 2 fully saturated rings. The Morgan fingerprint density at radius 3 is 2.56 bits per heavy atom. The van der Waals surface area contributed by atoms with Gasteiger partial charge in [-0.15, -0.1) is 0 Å². The van der Waals surface area contributed by atoms with Crippen molar-refractivity contribution in [1.82, 2.24) is 15.5 Å². The lowest BCUT2D eigenvalue weighted by atomic mass is 9.98. The minimum absolute atomic E-state index is 0.167. The van der Waals surface area contributed by atoms with Crippen molar-refractivity contribution in [1.29, 1.82) is 0 Å². The zero-order valence-corrected chi connectivity index (χ0v) is 20.9. The van der Waals surface area contributed by atoms with E-state index < -0.39 is 29.3 Å². The second kappa shape index (κ2) is 10.2. The number of carbonyl (C=O) groups is 3. The van der Waals surface area contributed by atoms with E-state index in [1.165, 1.54) is 17.3 Å². The van der Waals surface area contributed by atoms with Gasteiger partial charge in [-0.2, -0.15) is 4.73 Å². The first-order valence-corrected chi connectivity index (χ1v) is 12.2. The highest BCUT2D eigenvalue weighted by Crippen LogP contribution is 2.45. The van der Waals surface area contributed by atoms with E-state index >= 15 is 0 Å². The quantitative estimate of drug-likeness (QED) is 0.466. The lowest BCUT2D eigenvalue weighted by molar-refractivity contribution is -0.606. The smallest absolute Gasteiger partial charge is 0.410 e. The molecule has 3 rings (SSSR count). The molecule has 1 aromatic heterocycles. The summed E-state index contributed by atoms with van der Waals surface area (Å²) < 4.78 is 6.23. The summed E-state index contributed by atoms with van der Waals surface area (Å²) >= 11 is 0. The number of carbonyl (C=O) groups excluding carboxylic acids is 3. The van der Waals surface area contributed by atoms with E-state index in [1.807, 2.05) is 19.9 Å². The van der Waals surface area contributed by atoms with E-state index in [-0.39, 0.29) is 17.7 Å². The van der Waals surface area contributed by atoms with Crippen LogP contribution in [0.1, 0.15) is 78.7 Å². The maximum absolute atomic E-state index is 13.3. The van der Waals surface area contributed by atoms with E-state index in [2.05, 4.69) is 10.6 Å². The molecule has 1 saturated heterocycles. The summed E-state index contributed by atoms with van der Waals surface area (Å²) in [5.41, 5.74) is -0.470. The lowest BCUT2D eigenvalue weighted by Gasteiger charge is -2.36. The standard InChI is InChI=1S/C25H38N4O5/c1-17(2)15-19(21(30)27-25(11-12-25)18-9-8-13-28(33)16-18)26-22(31)20-10-6-7-14-29(20)23(32)34-24(3,4)5/h8-9,13,16-17,19-20H,6-7,10-12,14-15H2,1-5H3,(H,26,31)(H,27,30)/t19?,20-/m1/s1. The number of piperidine rings is 1. The third-order valence-electron chi connectivity index (χ3n) is 6.21. The maximum atomic E-state index is 13.3. The Morgan fingerprint density at radius 1 is 1.26 bits per heavy atom. The molecule has 0 aromatic carbocycles. The molecular weight excluding hydrogens is 436 g/mol. The van der Waals surface area contributed by atoms with Crippen LogP contribution in [0.15, 0.2) is 24.5 Å². The number of hydrogen-bond donors (Lipinski definition) is 2. The molecule has 1 unspecified atom stereocenters. The number of nitrogens with one attached hydrogen (secondary N) is 2. The molecule has 0 spiro atoms. The Kier molecular flexibility index (Phi) is 7.73. The maximum Gasteiger partial charge on any atom is 0.410 e. The fourth-order valence-electron chi connectivity index (χ4n) is 4.39. The van der Waals surface area contributed by atoms with E-state index in [9.17, 15) is 19.6 Å². The fourth-order valence-corrected chi connectivity index (χ4v) is 4.39. The first kappa shape index (κ1) is 25.8. The number of rotatable bonds is 7. The summed E-state index contributed by atoms with van der Waals surface area (Å²) in [4.78, 5) is 40.8. The molecule has 1 aliphatic heterocycles. The van der Waals surface area contributed by atoms with Gasteiger partial charge in [-0.05, 0) is 71.3 Å². The van der Waals surface area contributed by atoms with Crippen molar-refractivity contribution in [3.8, 4) is 0 Å². The van der Waals surface area contributed by atoms with Crippen LogP contribution in [-0.4, -0.2) is 47.0 Å². The van der Waals surface area contributed by atoms with Crippen molar-refractivity contribution in [2.24, 2.45) is 5.92 Å². The molecule has 188 valence electrons. The van der Waals surface area contributed by atoms with Crippen LogP contribution >= 0.6 is 0 Å². The van der Waals surface area contributed by atoms with Gasteiger partial charge < -0.3 is 20.6 Å². The van der Waals surface area contributed by atoms with E-state index in [4.69, 9.17) is 4.74 Å². The number of hydrogen-bond acceptors (Lipinski definition) is 5. The van der Waals surface area contributed by atoms with Crippen LogP contribution in [0.4, 0.5) is 4.79 Å². The molecule has 0 radical (unpaired) electrons. The van der Waals surface area contributed by atoms with Gasteiger partial charge in [0.05, 0.1) is 5.54 Å². The number of ether oxygens (including phenoxy) is 1. The average Bonchev–Trinajstić information content (AvgIpc) is 3.52. The van der Waals surface area contributed by atoms with Gasteiger partial charge in [-0.25, -0.2) is 4.79 Å². The van der Waals surface area contributed by atoms with Gasteiger partial charge in [0.1, 0.15) is 17.7 Å². The molecule has 0 bridgehead atoms. The third kappa shape index (κ3) is 6.61. The largest absolute Gasteiger partial charge is 0.619 e. The Bertz CT molecular complexity index is 907. The number of pyridine rings is 1. The van der Waals surface area contributed by atoms with Gasteiger partial charge in [0, 0.05) is 18.2 Å². The molecule has 9 nitrogen and oxygen atoms in total. The zero-order valence-electron chi connectivity index (χ0n) is 20.9. The summed E-state index contributed by atoms with van der Waals surface area (Å²) in [5.74, 6) is -0.450. The molecule has 9 heteroatoms. The molecule has 34 heavy (non-hydrogen) atoms. The Labute approximate surface area is 201 Å². The van der Waals surface area contributed by atoms with Gasteiger partial charge in [0.15, 0.2) is 12.4 Å². The van der Waals surface area contributed by atoms with Crippen LogP contribution in [0.5, 0.6) is 0 Å². The van der Waals surface area contributed by atoms with Crippen molar-refractivity contribution in [3.05, 3.63) is 35.3 Å². The molecule has 3 amide bonds. The van der Waals surface area contributed by atoms with Crippen molar-refractivity contribution in [2.75, 3.05) is 6.54 Å². The van der Waals surface area contributed by atoms with Crippen LogP contribution in [0, 0.1) is 11.1 Å². The molecule has 1 saturated carbocycles. The number of aromatic nitrogens is 1. The molecule has 2 N–H and O–H groups in total. The van der Waals surface area contributed by atoms with Crippen molar-refractivity contribution in [3.63, 3.8) is 0 Å². The molecule has 2 aliphatic rings. The first-order valence-electron chi connectivity index (χ1n) is 12.2. The molecular formula is C25H38N4O5. The van der Waals surface area contributed by atoms with Crippen LogP contribution in [-0.2, 0) is 19.9 Å². The molecule has 2 heterocycles. The topological polar surface area (TPSA) is 115 Å². The average molecular weight is 475 g/mol. The predicted molar refractivity (Wildman–Crippen MR) is 126 cm³/mol. The summed E-state index contributed by atoms with van der Waals surface area (Å²) in [6, 6.07) is 2.08. The Balaban J connectivity index is 1.71. The monoisotopic (exact) mass is 474 g/mol. The molecule has 1 aromatic rings. The fraction of sp³-hybridized carbons (Fsp3) is 0.680. The van der Waals surface area contributed by atoms with Crippen LogP contribution in [0.3, 0.4) is 0 Å². The zero-order chi connectivity index (χ0) is 25.1. The minimum Gasteiger partial charge on any atom is -0.619 e. The van der Waals surface area contributed by atoms with Gasteiger partial charge >= 0.3 is 6.09 Å². The van der Waals surface area contributed by atoms with Gasteiger partial charge in [-0.1, -0.05) is 13.8 Å². The Morgan fingerprint density at radius 2 is 1.97 bits per heavy atom. The summed E-state index contributed by atoms with van der Waals surface area (Å²) in [5, 5.41) is 17.7. The van der Waals surface area contributed by atoms with Crippen molar-refractivity contribution >= 4 is 17.9 Å². The second-order valence-corrected chi connectivity index (χ2v) is 10.9. The lowest BCUT2D eigenvalue weighted by Crippen LogP contribution is -2.57. The van der Waals surface area contributed by atoms with Gasteiger partial charge in [0.25, 0.3) is 0 Å². The highest BCUT2D eigenvalue weighted by atomic mass is 16.6. The predicted octanol–water partition coefficient (Wildman–Crippen LogP) is 2.75. The highest BCUT2D eigenvalue weighted by Gasteiger charge is 2.48. The van der Waals surface area contributed by atoms with Crippen molar-refractivity contribution in [2.45, 2.75) is 96.4 Å². The highest BCUT2D eigenvalue weighted by molar-refractivity contribution is 5.92. The van der Waals surface area contributed by atoms with Crippen LogP contribution in [0.25, 0.3) is 0 Å². The number of likely N-dealkylation sites (tertiary alicyclic amines) is 1. The summed E-state index contributed by atoms with van der Waals surface area (Å²) in [7, 11) is 0. The van der Waals surface area contributed by atoms with Gasteiger partial charge in [-0.3, -0.25) is 14.5 Å². The number of nitrogens with zero attached hydrogens (tertiary/aromatic N) is 2. The molecule has 1 aliphatic carbocycles. The number of amides is 3. The van der Waals surface area contributed by atoms with Crippen LogP contribution < -0.4 is 15.4 Å². The van der Waals surface area contributed by atoms with E-state index in [0.29, 0.717) is 19.4 Å². The second-order valence-electron chi connectivity index (χ2n) is 10.9. The van der Waals surface area contributed by atoms with Crippen LogP contribution in [0.2, 0.25) is 0 Å². The summed E-state index contributed by atoms with van der Waals surface area (Å²) in [6.07, 6.45) is 6.46.